The summed E-state index contributed by atoms with van der Waals surface area (Å²) < 4.78 is 1.37. The van der Waals surface area contributed by atoms with Gasteiger partial charge in [0.25, 0.3) is 0 Å². The quantitative estimate of drug-likeness (QED) is 0.632. The first kappa shape index (κ1) is 29.2. The van der Waals surface area contributed by atoms with E-state index in [9.17, 15) is 0 Å². The van der Waals surface area contributed by atoms with Crippen molar-refractivity contribution >= 4 is 18.3 Å². The molecule has 1 aliphatic carbocycles. The van der Waals surface area contributed by atoms with Gasteiger partial charge in [0.2, 0.25) is 0 Å². The molecule has 0 bridgehead atoms. The number of hydrogen-bond acceptors (Lipinski definition) is 5. The van der Waals surface area contributed by atoms with E-state index >= 15 is 0 Å². The summed E-state index contributed by atoms with van der Waals surface area (Å²) in [7, 11) is 3.00. The van der Waals surface area contributed by atoms with E-state index in [1.807, 2.05) is 37.5 Å². The molecule has 2 aliphatic rings. The molecule has 1 radical (unpaired) electrons. The molecular formula is C23H35N7Y-2. The molecule has 1 fully saturated rings. The van der Waals surface area contributed by atoms with Gasteiger partial charge in [-0.05, 0) is 51.6 Å². The minimum Gasteiger partial charge on any atom is -0.630 e. The van der Waals surface area contributed by atoms with Crippen molar-refractivity contribution in [3.05, 3.63) is 78.2 Å². The van der Waals surface area contributed by atoms with Gasteiger partial charge in [0.1, 0.15) is 5.82 Å². The molecule has 0 saturated heterocycles. The van der Waals surface area contributed by atoms with Crippen LogP contribution in [0.4, 0.5) is 5.69 Å². The molecule has 167 valence electrons. The summed E-state index contributed by atoms with van der Waals surface area (Å²) in [5.74, 6) is 9.05. The third-order valence-corrected chi connectivity index (χ3v) is 5.50. The molecule has 2 aromatic rings. The summed E-state index contributed by atoms with van der Waals surface area (Å²) in [6, 6.07) is 2.12. The number of nitrogens with zero attached hydrogens (tertiary/aromatic N) is 4. The Morgan fingerprint density at radius 1 is 1.23 bits per heavy atom. The van der Waals surface area contributed by atoms with E-state index in [0.717, 1.165) is 24.2 Å². The first-order valence-corrected chi connectivity index (χ1v) is 9.76. The van der Waals surface area contributed by atoms with Crippen LogP contribution in [0.1, 0.15) is 37.6 Å². The molecule has 0 aromatic carbocycles. The maximum absolute atomic E-state index is 8.39. The zero-order chi connectivity index (χ0) is 21.6. The van der Waals surface area contributed by atoms with Crippen LogP contribution in [0.25, 0.3) is 18.5 Å². The molecule has 31 heavy (non-hydrogen) atoms. The Morgan fingerprint density at radius 3 is 2.42 bits per heavy atom. The molecular weight excluding hydrogens is 463 g/mol. The molecule has 0 atom stereocenters. The summed E-state index contributed by atoms with van der Waals surface area (Å²) >= 11 is 0. The van der Waals surface area contributed by atoms with Crippen LogP contribution in [0.2, 0.25) is 0 Å². The average molecular weight is 498 g/mol. The van der Waals surface area contributed by atoms with Gasteiger partial charge in [-0.15, -0.1) is 0 Å². The van der Waals surface area contributed by atoms with Crippen LogP contribution in [0.5, 0.6) is 0 Å². The molecule has 1 saturated carbocycles. The van der Waals surface area contributed by atoms with Gasteiger partial charge in [0.15, 0.2) is 0 Å². The number of fused-ring (bicyclic) bond motifs is 2. The maximum atomic E-state index is 8.39. The molecule has 2 aromatic heterocycles. The van der Waals surface area contributed by atoms with Crippen LogP contribution in [0.3, 0.4) is 0 Å². The summed E-state index contributed by atoms with van der Waals surface area (Å²) in [6.07, 6.45) is 13.0. The van der Waals surface area contributed by atoms with Crippen LogP contribution >= 0.6 is 0 Å². The molecule has 8 heteroatoms. The minimum atomic E-state index is 0. The van der Waals surface area contributed by atoms with Crippen molar-refractivity contribution in [1.82, 2.24) is 14.6 Å². The van der Waals surface area contributed by atoms with E-state index in [1.54, 1.807) is 0 Å². The number of pyridine rings is 1. The molecule has 3 heterocycles. The van der Waals surface area contributed by atoms with Crippen LogP contribution in [0.15, 0.2) is 42.9 Å². The monoisotopic (exact) mass is 498 g/mol. The van der Waals surface area contributed by atoms with Gasteiger partial charge in [-0.1, -0.05) is 31.7 Å². The van der Waals surface area contributed by atoms with E-state index in [1.165, 1.54) is 30.8 Å². The molecule has 7 nitrogen and oxygen atoms in total. The van der Waals surface area contributed by atoms with E-state index in [0.29, 0.717) is 23.1 Å². The normalized spacial score (nSPS) is 15.7. The van der Waals surface area contributed by atoms with Gasteiger partial charge in [-0.25, -0.2) is 4.98 Å². The van der Waals surface area contributed by atoms with E-state index < -0.39 is 0 Å². The molecule has 4 rings (SSSR count). The zero-order valence-electron chi connectivity index (χ0n) is 19.2. The fourth-order valence-corrected chi connectivity index (χ4v) is 3.97. The average Bonchev–Trinajstić information content (AvgIpc) is 3.14. The number of nitrogens with one attached hydrogen (secondary N) is 1. The summed E-state index contributed by atoms with van der Waals surface area (Å²) in [4.78, 5) is 11.0. The van der Waals surface area contributed by atoms with Crippen molar-refractivity contribution in [3.63, 3.8) is 0 Å². The fraction of sp³-hybridized carbons (Fsp3) is 0.348. The van der Waals surface area contributed by atoms with Gasteiger partial charge in [0, 0.05) is 50.0 Å². The van der Waals surface area contributed by atoms with Crippen LogP contribution in [-0.2, 0) is 44.7 Å². The fourth-order valence-electron chi connectivity index (χ4n) is 3.97. The number of nitrogens with two attached hydrogens (primary N) is 2. The zero-order valence-corrected chi connectivity index (χ0v) is 22.1. The van der Waals surface area contributed by atoms with Gasteiger partial charge in [-0.2, -0.15) is 0 Å². The standard InChI is InChI=1S/C20H22N5.2CH5N.CH3.Y/c1-4-5-7-17-14(2)23-19(25(17)21)13-24-15(3)20(9-6-10-20)16-8-11-22-12-18(16)24;2*1-2;;/h4-5,7-8,11-12,21H,2-3,6,9-10,13H2,1H3;2*2H2,1H3;1H3;/q-1;;;-1;/b5-4-,17-7+;;;;. The number of hydrogen-bond donors (Lipinski definition) is 2. The molecule has 0 unspecified atom stereocenters. The van der Waals surface area contributed by atoms with Crippen molar-refractivity contribution in [2.24, 2.45) is 11.5 Å². The Kier molecular flexibility index (Phi) is 12.2. The summed E-state index contributed by atoms with van der Waals surface area (Å²) in [5, 5.41) is 1.33. The number of rotatable bonds is 3. The number of imidazole rings is 1. The third-order valence-electron chi connectivity index (χ3n) is 5.50. The minimum absolute atomic E-state index is 0. The SMILES string of the molecule is C=C1N(Cc2nc(=C)/c(=C\C=C/C)n2[NH-])c2cnccc2C12CCC2.CN.CN.[CH3-].[Y]. The second kappa shape index (κ2) is 12.9. The molecule has 1 aliphatic heterocycles. The third kappa shape index (κ3) is 5.17. The Bertz CT molecular complexity index is 990. The second-order valence-corrected chi connectivity index (χ2v) is 6.75. The topological polar surface area (TPSA) is 110 Å². The van der Waals surface area contributed by atoms with E-state index in [-0.39, 0.29) is 45.6 Å². The number of anilines is 1. The van der Waals surface area contributed by atoms with Crippen LogP contribution in [0, 0.1) is 7.43 Å². The molecule has 5 N–H and O–H groups in total. The Hall–Kier alpha value is -1.80. The van der Waals surface area contributed by atoms with Crippen LogP contribution in [-0.4, -0.2) is 28.7 Å². The van der Waals surface area contributed by atoms with Crippen LogP contribution < -0.4 is 27.1 Å². The second-order valence-electron chi connectivity index (χ2n) is 6.75. The van der Waals surface area contributed by atoms with Crippen molar-refractivity contribution in [3.8, 4) is 0 Å². The summed E-state index contributed by atoms with van der Waals surface area (Å²) in [6.45, 7) is 10.8. The van der Waals surface area contributed by atoms with Gasteiger partial charge < -0.3 is 34.3 Å². The number of allylic oxidation sites excluding steroid dienone is 3. The predicted molar refractivity (Wildman–Crippen MR) is 128 cm³/mol. The van der Waals surface area contributed by atoms with E-state index in [2.05, 4.69) is 45.6 Å². The number of aromatic nitrogens is 3. The van der Waals surface area contributed by atoms with Crippen molar-refractivity contribution < 1.29 is 32.7 Å². The van der Waals surface area contributed by atoms with Gasteiger partial charge >= 0.3 is 0 Å². The largest absolute Gasteiger partial charge is 0.630 e. The van der Waals surface area contributed by atoms with E-state index in [4.69, 9.17) is 5.84 Å². The Morgan fingerprint density at radius 2 is 1.87 bits per heavy atom. The summed E-state index contributed by atoms with van der Waals surface area (Å²) in [5.41, 5.74) is 12.6. The Labute approximate surface area is 211 Å². The first-order valence-electron chi connectivity index (χ1n) is 9.76. The van der Waals surface area contributed by atoms with Gasteiger partial charge in [0.05, 0.1) is 29.1 Å². The smallest absolute Gasteiger partial charge is 0.116 e. The van der Waals surface area contributed by atoms with Crippen molar-refractivity contribution in [2.75, 3.05) is 19.0 Å². The molecule has 1 spiro atoms. The molecule has 0 amide bonds. The van der Waals surface area contributed by atoms with Crippen molar-refractivity contribution in [1.29, 1.82) is 0 Å². The maximum Gasteiger partial charge on any atom is 0.116 e. The predicted octanol–water partition coefficient (Wildman–Crippen LogP) is 2.41. The van der Waals surface area contributed by atoms with Gasteiger partial charge in [-0.3, -0.25) is 4.98 Å². The Balaban J connectivity index is 0.00000142. The van der Waals surface area contributed by atoms with Crippen molar-refractivity contribution in [2.45, 2.75) is 38.1 Å². The first-order chi connectivity index (χ1) is 14.1.